The summed E-state index contributed by atoms with van der Waals surface area (Å²) in [6, 6.07) is 3.49. The number of aromatic amines is 1. The SMILES string of the molecule is Nc1sc(-c2c(F)cccc2F)nc1C(=O)Nc1cn[nH]c1CC12CCC(O)C(CC1)O2. The van der Waals surface area contributed by atoms with Gasteiger partial charge in [-0.15, -0.1) is 0 Å². The second kappa shape index (κ2) is 7.91. The highest BCUT2D eigenvalue weighted by molar-refractivity contribution is 7.19. The third-order valence-corrected chi connectivity index (χ3v) is 7.02. The fourth-order valence-electron chi connectivity index (χ4n) is 4.48. The lowest BCUT2D eigenvalue weighted by Gasteiger charge is -2.35. The molecular weight excluding hydrogens is 440 g/mol. The van der Waals surface area contributed by atoms with E-state index in [-0.39, 0.29) is 27.4 Å². The highest BCUT2D eigenvalue weighted by Gasteiger charge is 2.47. The number of carbonyl (C=O) groups is 1. The van der Waals surface area contributed by atoms with E-state index in [0.29, 0.717) is 30.6 Å². The number of H-pyrrole nitrogens is 1. The van der Waals surface area contributed by atoms with Crippen molar-refractivity contribution in [3.05, 3.63) is 47.4 Å². The molecule has 0 saturated carbocycles. The summed E-state index contributed by atoms with van der Waals surface area (Å²) in [6.45, 7) is 0. The number of anilines is 2. The van der Waals surface area contributed by atoms with Gasteiger partial charge >= 0.3 is 0 Å². The minimum Gasteiger partial charge on any atom is -0.390 e. The molecular formula is C21H21F2N5O3S. The van der Waals surface area contributed by atoms with Crippen LogP contribution in [0.15, 0.2) is 24.4 Å². The van der Waals surface area contributed by atoms with E-state index in [9.17, 15) is 18.7 Å². The topological polar surface area (TPSA) is 126 Å². The van der Waals surface area contributed by atoms with Crippen LogP contribution >= 0.6 is 11.3 Å². The molecule has 4 heterocycles. The summed E-state index contributed by atoms with van der Waals surface area (Å²) in [4.78, 5) is 16.9. The fraction of sp³-hybridized carbons (Fsp3) is 0.381. The molecule has 2 fully saturated rings. The first-order chi connectivity index (χ1) is 15.3. The maximum Gasteiger partial charge on any atom is 0.277 e. The third kappa shape index (κ3) is 3.65. The Kier molecular flexibility index (Phi) is 5.19. The van der Waals surface area contributed by atoms with Gasteiger partial charge in [0.25, 0.3) is 5.91 Å². The molecule has 2 bridgehead atoms. The Bertz CT molecular complexity index is 1160. The van der Waals surface area contributed by atoms with Gasteiger partial charge in [0.2, 0.25) is 0 Å². The van der Waals surface area contributed by atoms with E-state index in [2.05, 4.69) is 20.5 Å². The van der Waals surface area contributed by atoms with Crippen LogP contribution in [0, 0.1) is 11.6 Å². The number of ether oxygens (including phenoxy) is 1. The average Bonchev–Trinajstić information content (AvgIpc) is 3.44. The normalized spacial score (nSPS) is 24.6. The molecule has 0 spiro atoms. The van der Waals surface area contributed by atoms with E-state index in [1.165, 1.54) is 12.3 Å². The highest BCUT2D eigenvalue weighted by atomic mass is 32.1. The van der Waals surface area contributed by atoms with Gasteiger partial charge in [-0.2, -0.15) is 5.10 Å². The molecule has 1 amide bonds. The van der Waals surface area contributed by atoms with Crippen molar-refractivity contribution in [2.45, 2.75) is 49.9 Å². The molecule has 3 unspecified atom stereocenters. The molecule has 0 aliphatic carbocycles. The molecule has 0 radical (unpaired) electrons. The maximum absolute atomic E-state index is 14.1. The summed E-state index contributed by atoms with van der Waals surface area (Å²) >= 11 is 0.837. The minimum atomic E-state index is -0.783. The lowest BCUT2D eigenvalue weighted by molar-refractivity contribution is -0.130. The fourth-order valence-corrected chi connectivity index (χ4v) is 5.35. The van der Waals surface area contributed by atoms with Crippen LogP contribution in [0.25, 0.3) is 10.6 Å². The molecule has 5 rings (SSSR count). The largest absolute Gasteiger partial charge is 0.390 e. The Hall–Kier alpha value is -2.89. The van der Waals surface area contributed by atoms with Crippen molar-refractivity contribution in [1.29, 1.82) is 0 Å². The van der Waals surface area contributed by atoms with Gasteiger partial charge in [0.15, 0.2) is 5.69 Å². The van der Waals surface area contributed by atoms with E-state index in [1.54, 1.807) is 0 Å². The van der Waals surface area contributed by atoms with E-state index in [1.807, 2.05) is 0 Å². The smallest absolute Gasteiger partial charge is 0.277 e. The van der Waals surface area contributed by atoms with Gasteiger partial charge in [-0.3, -0.25) is 9.89 Å². The molecule has 2 saturated heterocycles. The first-order valence-electron chi connectivity index (χ1n) is 10.3. The molecule has 1 aromatic carbocycles. The summed E-state index contributed by atoms with van der Waals surface area (Å²) in [5, 5.41) is 19.7. The van der Waals surface area contributed by atoms with Crippen molar-refractivity contribution >= 4 is 27.9 Å². The van der Waals surface area contributed by atoms with Crippen molar-refractivity contribution in [2.24, 2.45) is 0 Å². The van der Waals surface area contributed by atoms with Gasteiger partial charge < -0.3 is 20.9 Å². The van der Waals surface area contributed by atoms with Crippen LogP contribution in [0.3, 0.4) is 0 Å². The lowest BCUT2D eigenvalue weighted by Crippen LogP contribution is -2.41. The van der Waals surface area contributed by atoms with Crippen molar-refractivity contribution in [3.63, 3.8) is 0 Å². The Labute approximate surface area is 185 Å². The summed E-state index contributed by atoms with van der Waals surface area (Å²) in [6.07, 6.45) is 4.39. The Morgan fingerprint density at radius 1 is 1.34 bits per heavy atom. The number of hydrogen-bond acceptors (Lipinski definition) is 7. The molecule has 3 atom stereocenters. The van der Waals surface area contributed by atoms with Gasteiger partial charge in [-0.1, -0.05) is 17.4 Å². The van der Waals surface area contributed by atoms with Gasteiger partial charge in [0.1, 0.15) is 21.6 Å². The molecule has 5 N–H and O–H groups in total. The lowest BCUT2D eigenvalue weighted by atomic mass is 9.89. The zero-order valence-electron chi connectivity index (χ0n) is 16.9. The summed E-state index contributed by atoms with van der Waals surface area (Å²) in [5.74, 6) is -2.17. The predicted octanol–water partition coefficient (Wildman–Crippen LogP) is 3.26. The number of fused-ring (bicyclic) bond motifs is 2. The predicted molar refractivity (Wildman–Crippen MR) is 114 cm³/mol. The molecule has 168 valence electrons. The van der Waals surface area contributed by atoms with Crippen LogP contribution < -0.4 is 11.1 Å². The van der Waals surface area contributed by atoms with Crippen molar-refractivity contribution in [2.75, 3.05) is 11.1 Å². The number of aromatic nitrogens is 3. The number of aliphatic hydroxyl groups is 1. The third-order valence-electron chi connectivity index (χ3n) is 6.12. The number of rotatable bonds is 5. The van der Waals surface area contributed by atoms with Crippen LogP contribution in [0.5, 0.6) is 0 Å². The molecule has 2 aromatic heterocycles. The maximum atomic E-state index is 14.1. The Balaban J connectivity index is 1.35. The van der Waals surface area contributed by atoms with E-state index < -0.39 is 29.2 Å². The Morgan fingerprint density at radius 3 is 2.88 bits per heavy atom. The molecule has 3 aromatic rings. The second-order valence-electron chi connectivity index (χ2n) is 8.21. The molecule has 32 heavy (non-hydrogen) atoms. The van der Waals surface area contributed by atoms with Crippen LogP contribution in [0.1, 0.15) is 41.9 Å². The van der Waals surface area contributed by atoms with Crippen molar-refractivity contribution in [3.8, 4) is 10.6 Å². The van der Waals surface area contributed by atoms with E-state index in [4.69, 9.17) is 10.5 Å². The average molecular weight is 461 g/mol. The van der Waals surface area contributed by atoms with Gasteiger partial charge in [0, 0.05) is 6.42 Å². The van der Waals surface area contributed by atoms with E-state index in [0.717, 1.165) is 36.3 Å². The number of halogens is 2. The highest BCUT2D eigenvalue weighted by Crippen LogP contribution is 2.44. The minimum absolute atomic E-state index is 0.0132. The molecule has 11 heteroatoms. The number of thiazole rings is 1. The summed E-state index contributed by atoms with van der Waals surface area (Å²) < 4.78 is 34.3. The monoisotopic (exact) mass is 461 g/mol. The number of amides is 1. The quantitative estimate of drug-likeness (QED) is 0.462. The second-order valence-corrected chi connectivity index (χ2v) is 9.24. The summed E-state index contributed by atoms with van der Waals surface area (Å²) in [7, 11) is 0. The van der Waals surface area contributed by atoms with Gasteiger partial charge in [-0.25, -0.2) is 13.8 Å². The standard InChI is InChI=1S/C21H21F2N5O3S/c22-10-2-1-3-11(23)16(10)20-27-17(18(24)32-20)19(30)26-13-9-25-28-12(13)8-21-6-4-14(29)15(31-21)5-7-21/h1-3,9,14-15,29H,4-8,24H2,(H,25,28)(H,26,30). The van der Waals surface area contributed by atoms with Crippen LogP contribution in [0.4, 0.5) is 19.5 Å². The van der Waals surface area contributed by atoms with Crippen LogP contribution in [0.2, 0.25) is 0 Å². The number of aliphatic hydroxyl groups excluding tert-OH is 1. The number of benzene rings is 1. The first-order valence-corrected chi connectivity index (χ1v) is 11.1. The van der Waals surface area contributed by atoms with E-state index >= 15 is 0 Å². The molecule has 2 aliphatic heterocycles. The van der Waals surface area contributed by atoms with Gasteiger partial charge in [0.05, 0.1) is 41.0 Å². The molecule has 8 nitrogen and oxygen atoms in total. The number of nitrogens with zero attached hydrogens (tertiary/aromatic N) is 2. The number of nitrogens with two attached hydrogens (primary N) is 1. The zero-order chi connectivity index (χ0) is 22.5. The zero-order valence-corrected chi connectivity index (χ0v) is 17.7. The Morgan fingerprint density at radius 2 is 2.09 bits per heavy atom. The van der Waals surface area contributed by atoms with Crippen molar-refractivity contribution < 1.29 is 23.4 Å². The number of hydrogen-bond donors (Lipinski definition) is 4. The van der Waals surface area contributed by atoms with Gasteiger partial charge in [-0.05, 0) is 37.8 Å². The molecule has 2 aliphatic rings. The number of nitrogen functional groups attached to an aromatic ring is 1. The van der Waals surface area contributed by atoms with Crippen molar-refractivity contribution in [1.82, 2.24) is 15.2 Å². The first kappa shape index (κ1) is 21.0. The summed E-state index contributed by atoms with van der Waals surface area (Å²) in [5.41, 5.74) is 6.24. The number of carbonyl (C=O) groups excluding carboxylic acids is 1. The van der Waals surface area contributed by atoms with Crippen LogP contribution in [-0.2, 0) is 11.2 Å². The number of nitrogens with one attached hydrogen (secondary N) is 2. The van der Waals surface area contributed by atoms with Crippen LogP contribution in [-0.4, -0.2) is 44.0 Å².